The molecule has 0 spiro atoms. The summed E-state index contributed by atoms with van der Waals surface area (Å²) in [7, 11) is 1.61. The standard InChI is InChI=1S/C16H23NO4/c1-3-17-16(15(18)19)9-5-8-14(11-16)21-13-7-4-6-12(10-13)20-2/h4,6-7,10,14,17H,3,5,8-9,11H2,1-2H3,(H,18,19). The average Bonchev–Trinajstić information content (AvgIpc) is 2.48. The maximum absolute atomic E-state index is 11.6. The lowest BCUT2D eigenvalue weighted by Gasteiger charge is -2.38. The van der Waals surface area contributed by atoms with Crippen molar-refractivity contribution in [2.75, 3.05) is 13.7 Å². The Balaban J connectivity index is 2.08. The van der Waals surface area contributed by atoms with Crippen LogP contribution in [0.5, 0.6) is 11.5 Å². The maximum atomic E-state index is 11.6. The molecule has 2 N–H and O–H groups in total. The minimum atomic E-state index is -0.865. The number of hydrogen-bond acceptors (Lipinski definition) is 4. The summed E-state index contributed by atoms with van der Waals surface area (Å²) in [6.45, 7) is 2.56. The molecule has 0 saturated heterocycles. The van der Waals surface area contributed by atoms with E-state index in [2.05, 4.69) is 5.32 Å². The molecule has 0 radical (unpaired) electrons. The minimum Gasteiger partial charge on any atom is -0.497 e. The Morgan fingerprint density at radius 2 is 2.24 bits per heavy atom. The van der Waals surface area contributed by atoms with Crippen LogP contribution in [0.3, 0.4) is 0 Å². The molecule has 1 saturated carbocycles. The molecule has 2 rings (SSSR count). The highest BCUT2D eigenvalue weighted by Crippen LogP contribution is 2.32. The minimum absolute atomic E-state index is 0.0963. The SMILES string of the molecule is CCNC1(C(=O)O)CCCC(Oc2cccc(OC)c2)C1. The number of nitrogens with one attached hydrogen (secondary N) is 1. The van der Waals surface area contributed by atoms with Crippen LogP contribution in [0.25, 0.3) is 0 Å². The first-order chi connectivity index (χ1) is 10.1. The van der Waals surface area contributed by atoms with Crippen molar-refractivity contribution in [3.8, 4) is 11.5 Å². The van der Waals surface area contributed by atoms with Crippen molar-refractivity contribution >= 4 is 5.97 Å². The Morgan fingerprint density at radius 3 is 2.90 bits per heavy atom. The quantitative estimate of drug-likeness (QED) is 0.843. The molecule has 5 nitrogen and oxygen atoms in total. The van der Waals surface area contributed by atoms with Crippen molar-refractivity contribution < 1.29 is 19.4 Å². The number of aliphatic carboxylic acids is 1. The number of ether oxygens (including phenoxy) is 2. The van der Waals surface area contributed by atoms with Gasteiger partial charge in [0.05, 0.1) is 7.11 Å². The van der Waals surface area contributed by atoms with E-state index in [1.54, 1.807) is 7.11 Å². The lowest BCUT2D eigenvalue weighted by atomic mass is 9.80. The summed E-state index contributed by atoms with van der Waals surface area (Å²) in [6, 6.07) is 7.41. The number of methoxy groups -OCH3 is 1. The molecule has 1 aliphatic carbocycles. The van der Waals surface area contributed by atoms with Gasteiger partial charge in [0, 0.05) is 12.5 Å². The van der Waals surface area contributed by atoms with Crippen molar-refractivity contribution in [2.24, 2.45) is 0 Å². The second-order valence-electron chi connectivity index (χ2n) is 5.43. The van der Waals surface area contributed by atoms with Crippen molar-refractivity contribution in [1.29, 1.82) is 0 Å². The summed E-state index contributed by atoms with van der Waals surface area (Å²) in [5.41, 5.74) is -0.865. The maximum Gasteiger partial charge on any atom is 0.324 e. The molecule has 0 heterocycles. The lowest BCUT2D eigenvalue weighted by Crippen LogP contribution is -2.56. The number of benzene rings is 1. The molecule has 0 aromatic heterocycles. The zero-order chi connectivity index (χ0) is 15.3. The summed E-state index contributed by atoms with van der Waals surface area (Å²) in [6.07, 6.45) is 2.74. The van der Waals surface area contributed by atoms with Gasteiger partial charge in [0.1, 0.15) is 23.1 Å². The van der Waals surface area contributed by atoms with Gasteiger partial charge in [-0.05, 0) is 37.9 Å². The normalized spacial score (nSPS) is 25.3. The van der Waals surface area contributed by atoms with E-state index in [4.69, 9.17) is 9.47 Å². The van der Waals surface area contributed by atoms with Crippen LogP contribution in [0.2, 0.25) is 0 Å². The number of carboxylic acids is 1. The number of rotatable bonds is 6. The fourth-order valence-electron chi connectivity index (χ4n) is 2.96. The number of carbonyl (C=O) groups is 1. The molecule has 1 aromatic carbocycles. The molecule has 21 heavy (non-hydrogen) atoms. The Kier molecular flexibility index (Phi) is 5.07. The third kappa shape index (κ3) is 3.67. The summed E-state index contributed by atoms with van der Waals surface area (Å²) >= 11 is 0. The largest absolute Gasteiger partial charge is 0.497 e. The summed E-state index contributed by atoms with van der Waals surface area (Å²) in [5, 5.41) is 12.7. The predicted octanol–water partition coefficient (Wildman–Crippen LogP) is 2.45. The van der Waals surface area contributed by atoms with Gasteiger partial charge in [-0.3, -0.25) is 4.79 Å². The van der Waals surface area contributed by atoms with Gasteiger partial charge in [0.25, 0.3) is 0 Å². The van der Waals surface area contributed by atoms with Crippen LogP contribution in [0, 0.1) is 0 Å². The highest BCUT2D eigenvalue weighted by atomic mass is 16.5. The van der Waals surface area contributed by atoms with Crippen LogP contribution in [-0.2, 0) is 4.79 Å². The van der Waals surface area contributed by atoms with Crippen LogP contribution in [0.1, 0.15) is 32.6 Å². The average molecular weight is 293 g/mol. The summed E-state index contributed by atoms with van der Waals surface area (Å²) < 4.78 is 11.1. The molecular weight excluding hydrogens is 270 g/mol. The van der Waals surface area contributed by atoms with E-state index in [0.29, 0.717) is 19.4 Å². The lowest BCUT2D eigenvalue weighted by molar-refractivity contribution is -0.147. The van der Waals surface area contributed by atoms with E-state index in [1.165, 1.54) is 0 Å². The Bertz CT molecular complexity index is 487. The molecular formula is C16H23NO4. The van der Waals surface area contributed by atoms with Gasteiger partial charge in [-0.15, -0.1) is 0 Å². The van der Waals surface area contributed by atoms with Gasteiger partial charge in [-0.1, -0.05) is 13.0 Å². The summed E-state index contributed by atoms with van der Waals surface area (Å²) in [4.78, 5) is 11.6. The second kappa shape index (κ2) is 6.80. The van der Waals surface area contributed by atoms with Gasteiger partial charge in [-0.25, -0.2) is 0 Å². The molecule has 1 fully saturated rings. The van der Waals surface area contributed by atoms with Crippen LogP contribution < -0.4 is 14.8 Å². The third-order valence-electron chi connectivity index (χ3n) is 3.97. The van der Waals surface area contributed by atoms with E-state index in [-0.39, 0.29) is 6.10 Å². The van der Waals surface area contributed by atoms with Gasteiger partial charge < -0.3 is 19.9 Å². The number of carboxylic acid groups (broad SMARTS) is 1. The zero-order valence-corrected chi connectivity index (χ0v) is 12.6. The summed E-state index contributed by atoms with van der Waals surface area (Å²) in [5.74, 6) is 0.666. The van der Waals surface area contributed by atoms with Gasteiger partial charge in [0.15, 0.2) is 0 Å². The topological polar surface area (TPSA) is 67.8 Å². The number of likely N-dealkylation sites (N-methyl/N-ethyl adjacent to an activating group) is 1. The van der Waals surface area contributed by atoms with Crippen LogP contribution in [-0.4, -0.2) is 36.4 Å². The molecule has 0 amide bonds. The van der Waals surface area contributed by atoms with Crippen LogP contribution in [0.15, 0.2) is 24.3 Å². The highest BCUT2D eigenvalue weighted by Gasteiger charge is 2.43. The fraction of sp³-hybridized carbons (Fsp3) is 0.562. The van der Waals surface area contributed by atoms with Crippen molar-refractivity contribution in [3.05, 3.63) is 24.3 Å². The molecule has 0 bridgehead atoms. The monoisotopic (exact) mass is 293 g/mol. The van der Waals surface area contributed by atoms with E-state index < -0.39 is 11.5 Å². The molecule has 2 unspecified atom stereocenters. The van der Waals surface area contributed by atoms with E-state index >= 15 is 0 Å². The second-order valence-corrected chi connectivity index (χ2v) is 5.43. The smallest absolute Gasteiger partial charge is 0.324 e. The Labute approximate surface area is 125 Å². The first kappa shape index (κ1) is 15.6. The Morgan fingerprint density at radius 1 is 1.48 bits per heavy atom. The Hall–Kier alpha value is -1.75. The van der Waals surface area contributed by atoms with Crippen molar-refractivity contribution in [1.82, 2.24) is 5.32 Å². The van der Waals surface area contributed by atoms with Crippen LogP contribution in [0.4, 0.5) is 0 Å². The predicted molar refractivity (Wildman–Crippen MR) is 79.9 cm³/mol. The van der Waals surface area contributed by atoms with E-state index in [9.17, 15) is 9.90 Å². The molecule has 0 aliphatic heterocycles. The zero-order valence-electron chi connectivity index (χ0n) is 12.6. The van der Waals surface area contributed by atoms with Crippen molar-refractivity contribution in [3.63, 3.8) is 0 Å². The molecule has 1 aromatic rings. The molecule has 1 aliphatic rings. The molecule has 116 valence electrons. The first-order valence-corrected chi connectivity index (χ1v) is 7.39. The third-order valence-corrected chi connectivity index (χ3v) is 3.97. The van der Waals surface area contributed by atoms with Gasteiger partial charge >= 0.3 is 5.97 Å². The van der Waals surface area contributed by atoms with Gasteiger partial charge in [0.2, 0.25) is 0 Å². The van der Waals surface area contributed by atoms with Crippen LogP contribution >= 0.6 is 0 Å². The van der Waals surface area contributed by atoms with E-state index in [1.807, 2.05) is 31.2 Å². The molecule has 5 heteroatoms. The van der Waals surface area contributed by atoms with E-state index in [0.717, 1.165) is 24.3 Å². The first-order valence-electron chi connectivity index (χ1n) is 7.39. The van der Waals surface area contributed by atoms with Gasteiger partial charge in [-0.2, -0.15) is 0 Å². The molecule has 2 atom stereocenters. The fourth-order valence-corrected chi connectivity index (χ4v) is 2.96. The van der Waals surface area contributed by atoms with Crippen molar-refractivity contribution in [2.45, 2.75) is 44.2 Å². The number of hydrogen-bond donors (Lipinski definition) is 2. The highest BCUT2D eigenvalue weighted by molar-refractivity contribution is 5.79.